The van der Waals surface area contributed by atoms with Gasteiger partial charge in [0.2, 0.25) is 0 Å². The van der Waals surface area contributed by atoms with Crippen molar-refractivity contribution in [3.8, 4) is 0 Å². The van der Waals surface area contributed by atoms with Crippen molar-refractivity contribution < 1.29 is 4.79 Å². The summed E-state index contributed by atoms with van der Waals surface area (Å²) in [6.07, 6.45) is 2.38. The number of hydrogen-bond acceptors (Lipinski definition) is 2. The Balaban J connectivity index is 2.14. The van der Waals surface area contributed by atoms with Crippen molar-refractivity contribution in [1.82, 2.24) is 10.2 Å². The SMILES string of the molecule is CC(C)N(CC1CCCN1)C(=O)c1ccccc1I. The number of nitrogens with zero attached hydrogens (tertiary/aromatic N) is 1. The Labute approximate surface area is 128 Å². The van der Waals surface area contributed by atoms with Crippen molar-refractivity contribution in [2.45, 2.75) is 38.8 Å². The van der Waals surface area contributed by atoms with Crippen molar-refractivity contribution >= 4 is 28.5 Å². The third-order valence-electron chi connectivity index (χ3n) is 3.57. The molecule has 1 amide bonds. The maximum atomic E-state index is 12.7. The van der Waals surface area contributed by atoms with E-state index in [4.69, 9.17) is 0 Å². The van der Waals surface area contributed by atoms with Crippen LogP contribution in [0.15, 0.2) is 24.3 Å². The summed E-state index contributed by atoms with van der Waals surface area (Å²) in [4.78, 5) is 14.7. The second-order valence-electron chi connectivity index (χ2n) is 5.32. The van der Waals surface area contributed by atoms with Gasteiger partial charge in [0, 0.05) is 22.2 Å². The van der Waals surface area contributed by atoms with E-state index < -0.39 is 0 Å². The Bertz CT molecular complexity index is 442. The Morgan fingerprint density at radius 2 is 2.21 bits per heavy atom. The minimum atomic E-state index is 0.147. The first-order valence-corrected chi connectivity index (χ1v) is 7.96. The first kappa shape index (κ1) is 14.8. The molecule has 1 saturated heterocycles. The van der Waals surface area contributed by atoms with Gasteiger partial charge >= 0.3 is 0 Å². The lowest BCUT2D eigenvalue weighted by atomic mass is 10.1. The zero-order chi connectivity index (χ0) is 13.8. The molecular weight excluding hydrogens is 351 g/mol. The molecule has 19 heavy (non-hydrogen) atoms. The van der Waals surface area contributed by atoms with E-state index in [2.05, 4.69) is 41.8 Å². The quantitative estimate of drug-likeness (QED) is 0.825. The molecule has 0 radical (unpaired) electrons. The van der Waals surface area contributed by atoms with E-state index in [-0.39, 0.29) is 11.9 Å². The number of nitrogens with one attached hydrogen (secondary N) is 1. The summed E-state index contributed by atoms with van der Waals surface area (Å²) in [6, 6.07) is 8.49. The van der Waals surface area contributed by atoms with Gasteiger partial charge in [0.15, 0.2) is 0 Å². The molecule has 1 aromatic rings. The number of carbonyl (C=O) groups excluding carboxylic acids is 1. The molecule has 1 unspecified atom stereocenters. The molecule has 1 fully saturated rings. The van der Waals surface area contributed by atoms with E-state index in [9.17, 15) is 4.79 Å². The molecule has 0 aromatic heterocycles. The first-order valence-electron chi connectivity index (χ1n) is 6.88. The van der Waals surface area contributed by atoms with Gasteiger partial charge in [0.25, 0.3) is 5.91 Å². The second-order valence-corrected chi connectivity index (χ2v) is 6.49. The minimum Gasteiger partial charge on any atom is -0.335 e. The molecule has 2 rings (SSSR count). The summed E-state index contributed by atoms with van der Waals surface area (Å²) >= 11 is 2.23. The molecule has 1 aliphatic rings. The Hall–Kier alpha value is -0.620. The average molecular weight is 372 g/mol. The van der Waals surface area contributed by atoms with Gasteiger partial charge in [-0.05, 0) is 68.0 Å². The molecule has 1 aliphatic heterocycles. The lowest BCUT2D eigenvalue weighted by Gasteiger charge is -2.30. The van der Waals surface area contributed by atoms with Crippen LogP contribution in [0.25, 0.3) is 0 Å². The van der Waals surface area contributed by atoms with Crippen molar-refractivity contribution in [2.24, 2.45) is 0 Å². The van der Waals surface area contributed by atoms with Gasteiger partial charge in [0.1, 0.15) is 0 Å². The molecule has 104 valence electrons. The van der Waals surface area contributed by atoms with Crippen molar-refractivity contribution in [3.05, 3.63) is 33.4 Å². The molecule has 1 atom stereocenters. The molecule has 0 aliphatic carbocycles. The first-order chi connectivity index (χ1) is 9.09. The molecule has 1 heterocycles. The smallest absolute Gasteiger partial charge is 0.255 e. The van der Waals surface area contributed by atoms with E-state index in [1.54, 1.807) is 0 Å². The van der Waals surface area contributed by atoms with Crippen molar-refractivity contribution in [3.63, 3.8) is 0 Å². The van der Waals surface area contributed by atoms with Gasteiger partial charge in [0.05, 0.1) is 5.56 Å². The number of rotatable bonds is 4. The van der Waals surface area contributed by atoms with E-state index >= 15 is 0 Å². The standard InChI is InChI=1S/C15H21IN2O/c1-11(2)18(10-12-6-5-9-17-12)15(19)13-7-3-4-8-14(13)16/h3-4,7-8,11-12,17H,5-6,9-10H2,1-2H3. The van der Waals surface area contributed by atoms with Crippen LogP contribution < -0.4 is 5.32 Å². The van der Waals surface area contributed by atoms with Crippen LogP contribution in [0.4, 0.5) is 0 Å². The summed E-state index contributed by atoms with van der Waals surface area (Å²) < 4.78 is 1.02. The molecule has 1 N–H and O–H groups in total. The maximum absolute atomic E-state index is 12.7. The Kier molecular flexibility index (Phi) is 5.21. The third kappa shape index (κ3) is 3.69. The number of halogens is 1. The maximum Gasteiger partial charge on any atom is 0.255 e. The van der Waals surface area contributed by atoms with Crippen LogP contribution in [0.1, 0.15) is 37.0 Å². The van der Waals surface area contributed by atoms with Crippen LogP contribution in [0.2, 0.25) is 0 Å². The number of hydrogen-bond donors (Lipinski definition) is 1. The van der Waals surface area contributed by atoms with Crippen LogP contribution in [0.3, 0.4) is 0 Å². The van der Waals surface area contributed by atoms with Crippen LogP contribution in [0.5, 0.6) is 0 Å². The topological polar surface area (TPSA) is 32.3 Å². The normalized spacial score (nSPS) is 18.8. The van der Waals surface area contributed by atoms with Crippen LogP contribution in [-0.2, 0) is 0 Å². The highest BCUT2D eigenvalue weighted by Crippen LogP contribution is 2.17. The minimum absolute atomic E-state index is 0.147. The lowest BCUT2D eigenvalue weighted by Crippen LogP contribution is -2.45. The van der Waals surface area contributed by atoms with Gasteiger partial charge in [-0.2, -0.15) is 0 Å². The molecule has 0 bridgehead atoms. The molecular formula is C15H21IN2O. The second kappa shape index (κ2) is 6.70. The predicted octanol–water partition coefficient (Wildman–Crippen LogP) is 2.89. The van der Waals surface area contributed by atoms with Gasteiger partial charge in [-0.15, -0.1) is 0 Å². The summed E-state index contributed by atoms with van der Waals surface area (Å²) in [5.74, 6) is 0.147. The highest BCUT2D eigenvalue weighted by molar-refractivity contribution is 14.1. The molecule has 3 nitrogen and oxygen atoms in total. The van der Waals surface area contributed by atoms with Crippen LogP contribution in [-0.4, -0.2) is 36.0 Å². The molecule has 1 aromatic carbocycles. The number of amides is 1. The van der Waals surface area contributed by atoms with Gasteiger partial charge < -0.3 is 10.2 Å². The zero-order valence-electron chi connectivity index (χ0n) is 11.5. The fourth-order valence-electron chi connectivity index (χ4n) is 2.47. The fraction of sp³-hybridized carbons (Fsp3) is 0.533. The van der Waals surface area contributed by atoms with Gasteiger partial charge in [-0.3, -0.25) is 4.79 Å². The molecule has 0 saturated carbocycles. The van der Waals surface area contributed by atoms with Crippen molar-refractivity contribution in [1.29, 1.82) is 0 Å². The predicted molar refractivity (Wildman–Crippen MR) is 86.4 cm³/mol. The van der Waals surface area contributed by atoms with E-state index in [1.165, 1.54) is 12.8 Å². The number of carbonyl (C=O) groups is 1. The fourth-order valence-corrected chi connectivity index (χ4v) is 3.09. The highest BCUT2D eigenvalue weighted by atomic mass is 127. The van der Waals surface area contributed by atoms with Crippen molar-refractivity contribution in [2.75, 3.05) is 13.1 Å². The summed E-state index contributed by atoms with van der Waals surface area (Å²) in [6.45, 7) is 6.06. The summed E-state index contributed by atoms with van der Waals surface area (Å²) in [5.41, 5.74) is 0.815. The lowest BCUT2D eigenvalue weighted by molar-refractivity contribution is 0.0688. The van der Waals surface area contributed by atoms with Crippen LogP contribution in [0, 0.1) is 3.57 Å². The summed E-state index contributed by atoms with van der Waals surface area (Å²) in [5, 5.41) is 3.47. The van der Waals surface area contributed by atoms with Crippen LogP contribution >= 0.6 is 22.6 Å². The highest BCUT2D eigenvalue weighted by Gasteiger charge is 2.25. The van der Waals surface area contributed by atoms with Gasteiger partial charge in [-0.25, -0.2) is 0 Å². The zero-order valence-corrected chi connectivity index (χ0v) is 13.7. The van der Waals surface area contributed by atoms with E-state index in [0.29, 0.717) is 6.04 Å². The summed E-state index contributed by atoms with van der Waals surface area (Å²) in [7, 11) is 0. The molecule has 0 spiro atoms. The van der Waals surface area contributed by atoms with Gasteiger partial charge in [-0.1, -0.05) is 12.1 Å². The number of benzene rings is 1. The monoisotopic (exact) mass is 372 g/mol. The largest absolute Gasteiger partial charge is 0.335 e. The average Bonchev–Trinajstić information content (AvgIpc) is 2.88. The van der Waals surface area contributed by atoms with E-state index in [1.807, 2.05) is 29.2 Å². The Morgan fingerprint density at radius 1 is 1.47 bits per heavy atom. The Morgan fingerprint density at radius 3 is 2.79 bits per heavy atom. The molecule has 4 heteroatoms. The third-order valence-corrected chi connectivity index (χ3v) is 4.51. The van der Waals surface area contributed by atoms with E-state index in [0.717, 1.165) is 22.2 Å².